The molecule has 0 aliphatic heterocycles. The number of esters is 1. The molecule has 0 saturated carbocycles. The van der Waals surface area contributed by atoms with E-state index in [4.69, 9.17) is 16.3 Å². The van der Waals surface area contributed by atoms with Crippen LogP contribution >= 0.6 is 11.6 Å². The molecule has 27 heavy (non-hydrogen) atoms. The molecule has 2 aromatic carbocycles. The van der Waals surface area contributed by atoms with E-state index in [9.17, 15) is 18.8 Å². The van der Waals surface area contributed by atoms with Gasteiger partial charge in [-0.15, -0.1) is 0 Å². The van der Waals surface area contributed by atoms with Gasteiger partial charge in [-0.3, -0.25) is 9.59 Å². The predicted molar refractivity (Wildman–Crippen MR) is 99.2 cm³/mol. The number of hydrogen-bond donors (Lipinski definition) is 2. The quantitative estimate of drug-likeness (QED) is 0.709. The second-order valence-corrected chi connectivity index (χ2v) is 5.94. The van der Waals surface area contributed by atoms with Gasteiger partial charge in [-0.1, -0.05) is 36.7 Å². The SMILES string of the molecule is CCc1ccccc1NC(=O)CNC(=O)COC(=O)c1ccc(F)cc1Cl. The largest absolute Gasteiger partial charge is 0.452 e. The minimum Gasteiger partial charge on any atom is -0.452 e. The van der Waals surface area contributed by atoms with Crippen molar-refractivity contribution in [1.29, 1.82) is 0 Å². The molecule has 0 spiro atoms. The van der Waals surface area contributed by atoms with Crippen LogP contribution in [0.2, 0.25) is 5.02 Å². The van der Waals surface area contributed by atoms with Gasteiger partial charge in [0.15, 0.2) is 6.61 Å². The maximum absolute atomic E-state index is 13.0. The van der Waals surface area contributed by atoms with Crippen LogP contribution in [0.3, 0.4) is 0 Å². The van der Waals surface area contributed by atoms with Crippen molar-refractivity contribution in [3.8, 4) is 0 Å². The summed E-state index contributed by atoms with van der Waals surface area (Å²) in [6.07, 6.45) is 0.755. The van der Waals surface area contributed by atoms with E-state index in [1.54, 1.807) is 12.1 Å². The molecule has 0 fully saturated rings. The maximum atomic E-state index is 13.0. The number of nitrogens with one attached hydrogen (secondary N) is 2. The molecular formula is C19H18ClFN2O4. The lowest BCUT2D eigenvalue weighted by molar-refractivity contribution is -0.126. The van der Waals surface area contributed by atoms with Crippen molar-refractivity contribution < 1.29 is 23.5 Å². The van der Waals surface area contributed by atoms with E-state index in [1.165, 1.54) is 0 Å². The van der Waals surface area contributed by atoms with Gasteiger partial charge in [0.05, 0.1) is 17.1 Å². The van der Waals surface area contributed by atoms with Crippen LogP contribution in [0, 0.1) is 5.82 Å². The van der Waals surface area contributed by atoms with Gasteiger partial charge in [0.2, 0.25) is 5.91 Å². The summed E-state index contributed by atoms with van der Waals surface area (Å²) >= 11 is 5.75. The molecule has 6 nitrogen and oxygen atoms in total. The topological polar surface area (TPSA) is 84.5 Å². The van der Waals surface area contributed by atoms with Crippen molar-refractivity contribution in [2.24, 2.45) is 0 Å². The van der Waals surface area contributed by atoms with Crippen LogP contribution in [-0.4, -0.2) is 30.9 Å². The van der Waals surface area contributed by atoms with Gasteiger partial charge in [0.1, 0.15) is 5.82 Å². The summed E-state index contributed by atoms with van der Waals surface area (Å²) < 4.78 is 17.8. The van der Waals surface area contributed by atoms with Crippen LogP contribution in [0.1, 0.15) is 22.8 Å². The number of aryl methyl sites for hydroxylation is 1. The minimum atomic E-state index is -0.864. The van der Waals surface area contributed by atoms with Crippen molar-refractivity contribution in [3.63, 3.8) is 0 Å². The van der Waals surface area contributed by atoms with E-state index in [0.717, 1.165) is 30.2 Å². The number of carbonyl (C=O) groups excluding carboxylic acids is 3. The van der Waals surface area contributed by atoms with Crippen LogP contribution in [0.15, 0.2) is 42.5 Å². The Balaban J connectivity index is 1.78. The molecular weight excluding hydrogens is 375 g/mol. The lowest BCUT2D eigenvalue weighted by Crippen LogP contribution is -2.35. The zero-order valence-corrected chi connectivity index (χ0v) is 15.3. The third-order valence-electron chi connectivity index (χ3n) is 3.60. The van der Waals surface area contributed by atoms with Crippen LogP contribution in [0.5, 0.6) is 0 Å². The Morgan fingerprint density at radius 2 is 1.85 bits per heavy atom. The zero-order chi connectivity index (χ0) is 19.8. The number of ether oxygens (including phenoxy) is 1. The van der Waals surface area contributed by atoms with Gasteiger partial charge < -0.3 is 15.4 Å². The number of carbonyl (C=O) groups is 3. The van der Waals surface area contributed by atoms with Crippen molar-refractivity contribution in [2.45, 2.75) is 13.3 Å². The van der Waals surface area contributed by atoms with Gasteiger partial charge in [0.25, 0.3) is 5.91 Å². The van der Waals surface area contributed by atoms with Crippen molar-refractivity contribution >= 4 is 35.1 Å². The fraction of sp³-hybridized carbons (Fsp3) is 0.211. The Kier molecular flexibility index (Phi) is 7.31. The first-order valence-corrected chi connectivity index (χ1v) is 8.55. The molecule has 0 unspecified atom stereocenters. The fourth-order valence-electron chi connectivity index (χ4n) is 2.24. The first kappa shape index (κ1) is 20.4. The molecule has 2 N–H and O–H groups in total. The van der Waals surface area contributed by atoms with Crippen LogP contribution in [0.25, 0.3) is 0 Å². The molecule has 142 valence electrons. The first-order valence-electron chi connectivity index (χ1n) is 8.17. The van der Waals surface area contributed by atoms with E-state index in [0.29, 0.717) is 5.69 Å². The first-order chi connectivity index (χ1) is 12.9. The molecule has 0 aliphatic carbocycles. The van der Waals surface area contributed by atoms with Crippen LogP contribution in [-0.2, 0) is 20.7 Å². The molecule has 2 aromatic rings. The number of amides is 2. The second kappa shape index (κ2) is 9.68. The summed E-state index contributed by atoms with van der Waals surface area (Å²) in [5.41, 5.74) is 1.60. The van der Waals surface area contributed by atoms with Crippen molar-refractivity contribution in [1.82, 2.24) is 5.32 Å². The number of benzene rings is 2. The highest BCUT2D eigenvalue weighted by molar-refractivity contribution is 6.33. The Morgan fingerprint density at radius 1 is 1.11 bits per heavy atom. The third kappa shape index (κ3) is 6.07. The number of para-hydroxylation sites is 1. The van der Waals surface area contributed by atoms with Crippen molar-refractivity contribution in [2.75, 3.05) is 18.5 Å². The minimum absolute atomic E-state index is 0.0558. The molecule has 0 aromatic heterocycles. The summed E-state index contributed by atoms with van der Waals surface area (Å²) in [6.45, 7) is 1.10. The second-order valence-electron chi connectivity index (χ2n) is 5.54. The number of anilines is 1. The smallest absolute Gasteiger partial charge is 0.340 e. The van der Waals surface area contributed by atoms with Crippen LogP contribution < -0.4 is 10.6 Å². The molecule has 0 heterocycles. The van der Waals surface area contributed by atoms with Gasteiger partial charge >= 0.3 is 5.97 Å². The lowest BCUT2D eigenvalue weighted by Gasteiger charge is -2.10. The highest BCUT2D eigenvalue weighted by atomic mass is 35.5. The number of hydrogen-bond acceptors (Lipinski definition) is 4. The van der Waals surface area contributed by atoms with E-state index in [2.05, 4.69) is 10.6 Å². The Morgan fingerprint density at radius 3 is 2.56 bits per heavy atom. The van der Waals surface area contributed by atoms with E-state index < -0.39 is 30.2 Å². The molecule has 2 amide bonds. The molecule has 0 aliphatic rings. The van der Waals surface area contributed by atoms with Gasteiger partial charge in [-0.05, 0) is 36.2 Å². The summed E-state index contributed by atoms with van der Waals surface area (Å²) in [5.74, 6) is -2.51. The molecule has 8 heteroatoms. The summed E-state index contributed by atoms with van der Waals surface area (Å²) in [5, 5.41) is 4.94. The molecule has 0 bridgehead atoms. The number of rotatable bonds is 7. The third-order valence-corrected chi connectivity index (χ3v) is 3.92. The predicted octanol–water partition coefficient (Wildman–Crippen LogP) is 2.95. The zero-order valence-electron chi connectivity index (χ0n) is 14.6. The molecule has 0 atom stereocenters. The van der Waals surface area contributed by atoms with E-state index in [-0.39, 0.29) is 17.1 Å². The van der Waals surface area contributed by atoms with E-state index >= 15 is 0 Å². The Labute approximate surface area is 160 Å². The summed E-state index contributed by atoms with van der Waals surface area (Å²) in [7, 11) is 0. The molecule has 0 saturated heterocycles. The Hall–Kier alpha value is -2.93. The number of halogens is 2. The molecule has 0 radical (unpaired) electrons. The van der Waals surface area contributed by atoms with Gasteiger partial charge in [0, 0.05) is 5.69 Å². The molecule has 2 rings (SSSR count). The lowest BCUT2D eigenvalue weighted by atomic mass is 10.1. The van der Waals surface area contributed by atoms with Crippen LogP contribution in [0.4, 0.5) is 10.1 Å². The fourth-order valence-corrected chi connectivity index (χ4v) is 2.48. The van der Waals surface area contributed by atoms with Gasteiger partial charge in [-0.2, -0.15) is 0 Å². The monoisotopic (exact) mass is 392 g/mol. The van der Waals surface area contributed by atoms with Gasteiger partial charge in [-0.25, -0.2) is 9.18 Å². The Bertz CT molecular complexity index is 857. The summed E-state index contributed by atoms with van der Waals surface area (Å²) in [4.78, 5) is 35.5. The standard InChI is InChI=1S/C19H18ClFN2O4/c1-2-12-5-3-4-6-16(12)23-17(24)10-22-18(25)11-27-19(26)14-8-7-13(21)9-15(14)20/h3-9H,2,10-11H2,1H3,(H,22,25)(H,23,24). The summed E-state index contributed by atoms with van der Waals surface area (Å²) in [6, 6.07) is 10.5. The highest BCUT2D eigenvalue weighted by Gasteiger charge is 2.15. The maximum Gasteiger partial charge on any atom is 0.340 e. The average Bonchev–Trinajstić information content (AvgIpc) is 2.65. The normalized spacial score (nSPS) is 10.2. The average molecular weight is 393 g/mol. The van der Waals surface area contributed by atoms with Crippen molar-refractivity contribution in [3.05, 3.63) is 64.4 Å². The highest BCUT2D eigenvalue weighted by Crippen LogP contribution is 2.18. The van der Waals surface area contributed by atoms with E-state index in [1.807, 2.05) is 19.1 Å².